The van der Waals surface area contributed by atoms with Gasteiger partial charge in [0.2, 0.25) is 16.0 Å². The van der Waals surface area contributed by atoms with Gasteiger partial charge in [-0.3, -0.25) is 4.98 Å². The van der Waals surface area contributed by atoms with E-state index in [1.165, 1.54) is 16.4 Å². The highest BCUT2D eigenvalue weighted by molar-refractivity contribution is 7.89. The van der Waals surface area contributed by atoms with Crippen molar-refractivity contribution in [3.05, 3.63) is 96.7 Å². The largest absolute Gasteiger partial charge is 0.388 e. The van der Waals surface area contributed by atoms with Crippen molar-refractivity contribution in [2.45, 2.75) is 42.7 Å². The smallest absolute Gasteiger partial charge is 0.243 e. The summed E-state index contributed by atoms with van der Waals surface area (Å²) in [5, 5.41) is 17.1. The predicted molar refractivity (Wildman–Crippen MR) is 172 cm³/mol. The van der Waals surface area contributed by atoms with Crippen LogP contribution in [-0.2, 0) is 16.6 Å². The van der Waals surface area contributed by atoms with Crippen LogP contribution in [0.3, 0.4) is 0 Å². The molecule has 0 radical (unpaired) electrons. The third-order valence-electron chi connectivity index (χ3n) is 7.85. The number of halogens is 1. The van der Waals surface area contributed by atoms with Crippen molar-refractivity contribution in [1.82, 2.24) is 24.2 Å². The van der Waals surface area contributed by atoms with Crippen LogP contribution in [0.25, 0.3) is 0 Å². The minimum absolute atomic E-state index is 0.204. The van der Waals surface area contributed by atoms with Crippen LogP contribution < -0.4 is 16.4 Å². The number of hydrogen-bond acceptors (Lipinski definition) is 10. The molecule has 0 spiro atoms. The molecule has 2 aromatic heterocycles. The third kappa shape index (κ3) is 9.02. The standard InChI is InChI=1S/C26H31FN6O3S.C6H8N2/c27-20-3-5-21(6-4-20)29-24-11-14-28-25(31-24)30-22-7-9-23(10-8-22)37(35,36)33-17-12-26(34,13-18-33)19-32-15-1-2-16-32;7-4-6-2-1-3-8-5-6/h3-11,14,34H,1-2,12-13,15-19H2,(H2,28,29,30,31);1-3,5H,4,7H2. The van der Waals surface area contributed by atoms with Crippen LogP contribution in [0.15, 0.2) is 90.2 Å². The number of rotatable bonds is 9. The van der Waals surface area contributed by atoms with Gasteiger partial charge in [-0.1, -0.05) is 6.07 Å². The first kappa shape index (κ1) is 32.4. The Morgan fingerprint density at radius 2 is 1.56 bits per heavy atom. The summed E-state index contributed by atoms with van der Waals surface area (Å²) >= 11 is 0. The molecule has 4 aromatic rings. The number of aliphatic hydroxyl groups is 1. The van der Waals surface area contributed by atoms with Crippen LogP contribution in [0.2, 0.25) is 0 Å². The van der Waals surface area contributed by atoms with Gasteiger partial charge in [-0.05, 0) is 105 Å². The summed E-state index contributed by atoms with van der Waals surface area (Å²) in [6, 6.07) is 17.9. The van der Waals surface area contributed by atoms with Gasteiger partial charge in [0.05, 0.1) is 10.5 Å². The first-order valence-electron chi connectivity index (χ1n) is 15.0. The number of anilines is 4. The number of nitrogens with one attached hydrogen (secondary N) is 2. The number of nitrogens with two attached hydrogens (primary N) is 1. The van der Waals surface area contributed by atoms with Gasteiger partial charge in [-0.15, -0.1) is 0 Å². The molecule has 238 valence electrons. The summed E-state index contributed by atoms with van der Waals surface area (Å²) in [7, 11) is -3.66. The third-order valence-corrected chi connectivity index (χ3v) is 9.76. The highest BCUT2D eigenvalue weighted by Gasteiger charge is 2.38. The topological polar surface area (TPSA) is 150 Å². The number of pyridine rings is 1. The second-order valence-corrected chi connectivity index (χ2v) is 13.2. The van der Waals surface area contributed by atoms with Gasteiger partial charge in [0.1, 0.15) is 11.6 Å². The average molecular weight is 635 g/mol. The number of hydrogen-bond donors (Lipinski definition) is 4. The zero-order valence-electron chi connectivity index (χ0n) is 25.0. The van der Waals surface area contributed by atoms with E-state index >= 15 is 0 Å². The van der Waals surface area contributed by atoms with E-state index in [1.54, 1.807) is 61.1 Å². The lowest BCUT2D eigenvalue weighted by Crippen LogP contribution is -2.51. The minimum atomic E-state index is -3.66. The maximum Gasteiger partial charge on any atom is 0.243 e. The Bertz CT molecular complexity index is 1610. The molecule has 13 heteroatoms. The lowest BCUT2D eigenvalue weighted by atomic mass is 9.92. The van der Waals surface area contributed by atoms with Crippen molar-refractivity contribution < 1.29 is 17.9 Å². The number of sulfonamides is 1. The average Bonchev–Trinajstić information content (AvgIpc) is 3.56. The van der Waals surface area contributed by atoms with Crippen LogP contribution in [0.1, 0.15) is 31.2 Å². The van der Waals surface area contributed by atoms with Gasteiger partial charge in [0, 0.05) is 56.1 Å². The van der Waals surface area contributed by atoms with Gasteiger partial charge in [0.15, 0.2) is 0 Å². The van der Waals surface area contributed by atoms with E-state index in [-0.39, 0.29) is 10.7 Å². The first-order chi connectivity index (χ1) is 21.7. The fourth-order valence-electron chi connectivity index (χ4n) is 5.33. The molecule has 6 rings (SSSR count). The van der Waals surface area contributed by atoms with E-state index in [0.29, 0.717) is 62.2 Å². The summed E-state index contributed by atoms with van der Waals surface area (Å²) in [4.78, 5) is 15.0. The highest BCUT2D eigenvalue weighted by Crippen LogP contribution is 2.29. The van der Waals surface area contributed by atoms with Crippen LogP contribution in [0, 0.1) is 5.82 Å². The molecule has 2 fully saturated rings. The monoisotopic (exact) mass is 634 g/mol. The first-order valence-corrected chi connectivity index (χ1v) is 16.4. The Kier molecular flexibility index (Phi) is 10.7. The van der Waals surface area contributed by atoms with E-state index in [1.807, 2.05) is 12.1 Å². The van der Waals surface area contributed by atoms with Crippen molar-refractivity contribution in [3.63, 3.8) is 0 Å². The molecule has 2 aromatic carbocycles. The molecular weight excluding hydrogens is 595 g/mol. The Morgan fingerprint density at radius 1 is 0.889 bits per heavy atom. The summed E-state index contributed by atoms with van der Waals surface area (Å²) in [5.74, 6) is 0.537. The molecular formula is C32H39FN8O3S. The zero-order chi connectivity index (χ0) is 31.7. The molecule has 2 saturated heterocycles. The molecule has 0 unspecified atom stereocenters. The SMILES string of the molecule is NCc1cccnc1.O=S(=O)(c1ccc(Nc2nccc(Nc3ccc(F)cc3)n2)cc1)N1CCC(O)(CN2CCCC2)CC1. The molecule has 0 atom stereocenters. The fourth-order valence-corrected chi connectivity index (χ4v) is 6.78. The molecule has 4 heterocycles. The molecule has 5 N–H and O–H groups in total. The molecule has 2 aliphatic heterocycles. The Labute approximate surface area is 263 Å². The van der Waals surface area contributed by atoms with Crippen molar-refractivity contribution in [2.75, 3.05) is 43.4 Å². The molecule has 0 bridgehead atoms. The maximum atomic E-state index is 13.2. The van der Waals surface area contributed by atoms with Crippen LogP contribution in [0.4, 0.5) is 27.5 Å². The summed E-state index contributed by atoms with van der Waals surface area (Å²) in [6.07, 6.45) is 8.27. The fraction of sp³-hybridized carbons (Fsp3) is 0.344. The lowest BCUT2D eigenvalue weighted by Gasteiger charge is -2.39. The normalized spacial score (nSPS) is 16.9. The van der Waals surface area contributed by atoms with Crippen molar-refractivity contribution in [1.29, 1.82) is 0 Å². The molecule has 0 amide bonds. The van der Waals surface area contributed by atoms with E-state index in [2.05, 4.69) is 30.5 Å². The van der Waals surface area contributed by atoms with E-state index < -0.39 is 15.6 Å². The molecule has 0 aliphatic carbocycles. The summed E-state index contributed by atoms with van der Waals surface area (Å²) in [5.41, 5.74) is 6.88. The molecule has 45 heavy (non-hydrogen) atoms. The Balaban J connectivity index is 0.000000436. The summed E-state index contributed by atoms with van der Waals surface area (Å²) in [6.45, 7) is 3.80. The van der Waals surface area contributed by atoms with E-state index in [0.717, 1.165) is 31.5 Å². The van der Waals surface area contributed by atoms with Crippen LogP contribution in [0.5, 0.6) is 0 Å². The summed E-state index contributed by atoms with van der Waals surface area (Å²) < 4.78 is 41.0. The molecule has 0 saturated carbocycles. The number of β-amino-alcohol motifs (C(OH)–C–C–N with tert-alkyl or cyclic N) is 1. The van der Waals surface area contributed by atoms with Crippen molar-refractivity contribution >= 4 is 33.2 Å². The van der Waals surface area contributed by atoms with Crippen LogP contribution >= 0.6 is 0 Å². The van der Waals surface area contributed by atoms with E-state index in [9.17, 15) is 17.9 Å². The van der Waals surface area contributed by atoms with Gasteiger partial charge < -0.3 is 26.4 Å². The van der Waals surface area contributed by atoms with Crippen molar-refractivity contribution in [3.8, 4) is 0 Å². The number of aromatic nitrogens is 3. The number of nitrogens with zero attached hydrogens (tertiary/aromatic N) is 5. The molecule has 2 aliphatic rings. The Hall–Kier alpha value is -4.01. The second-order valence-electron chi connectivity index (χ2n) is 11.2. The maximum absolute atomic E-state index is 13.2. The van der Waals surface area contributed by atoms with Crippen LogP contribution in [-0.4, -0.2) is 76.0 Å². The van der Waals surface area contributed by atoms with Gasteiger partial charge in [-0.25, -0.2) is 17.8 Å². The van der Waals surface area contributed by atoms with Gasteiger partial charge in [0.25, 0.3) is 0 Å². The number of benzene rings is 2. The quantitative estimate of drug-likeness (QED) is 0.210. The number of likely N-dealkylation sites (tertiary alicyclic amines) is 1. The highest BCUT2D eigenvalue weighted by atomic mass is 32.2. The van der Waals surface area contributed by atoms with Gasteiger partial charge >= 0.3 is 0 Å². The van der Waals surface area contributed by atoms with Gasteiger partial charge in [-0.2, -0.15) is 9.29 Å². The second kappa shape index (κ2) is 14.8. The predicted octanol–water partition coefficient (Wildman–Crippen LogP) is 4.25. The van der Waals surface area contributed by atoms with Crippen molar-refractivity contribution in [2.24, 2.45) is 5.73 Å². The number of piperidine rings is 1. The van der Waals surface area contributed by atoms with E-state index in [4.69, 9.17) is 5.73 Å². The molecule has 11 nitrogen and oxygen atoms in total. The minimum Gasteiger partial charge on any atom is -0.388 e. The zero-order valence-corrected chi connectivity index (χ0v) is 25.8. The lowest BCUT2D eigenvalue weighted by molar-refractivity contribution is -0.0284. The Morgan fingerprint density at radius 3 is 2.18 bits per heavy atom.